The summed E-state index contributed by atoms with van der Waals surface area (Å²) in [5.41, 5.74) is 0. The van der Waals surface area contributed by atoms with E-state index in [4.69, 9.17) is 9.66 Å². The molecule has 1 aromatic carbocycles. The molecule has 1 saturated carbocycles. The fourth-order valence-electron chi connectivity index (χ4n) is 1.87. The smallest absolute Gasteiger partial charge is 0.333 e. The van der Waals surface area contributed by atoms with Gasteiger partial charge in [-0.1, -0.05) is 18.2 Å². The minimum Gasteiger partial charge on any atom is -0.393 e. The topological polar surface area (TPSA) is 86.6 Å². The molecule has 2 atom stereocenters. The summed E-state index contributed by atoms with van der Waals surface area (Å²) in [6, 6.07) is 7.94. The highest BCUT2D eigenvalue weighted by Crippen LogP contribution is 2.24. The lowest BCUT2D eigenvalue weighted by molar-refractivity contribution is 0.177. The predicted octanol–water partition coefficient (Wildman–Crippen LogP) is 1.37. The van der Waals surface area contributed by atoms with Crippen LogP contribution in [-0.4, -0.2) is 30.7 Å². The molecular weight excluding hydrogens is 273 g/mol. The minimum absolute atomic E-state index is 0.155. The van der Waals surface area contributed by atoms with E-state index in [1.807, 2.05) is 4.72 Å². The van der Waals surface area contributed by atoms with E-state index >= 15 is 0 Å². The molecule has 1 aliphatic carbocycles. The highest BCUT2D eigenvalue weighted by molar-refractivity contribution is 7.83. The summed E-state index contributed by atoms with van der Waals surface area (Å²) in [5.74, 6) is -0.0237. The van der Waals surface area contributed by atoms with Crippen molar-refractivity contribution in [2.24, 2.45) is 5.92 Å². The molecule has 7 heteroatoms. The van der Waals surface area contributed by atoms with Crippen LogP contribution in [-0.2, 0) is 10.3 Å². The van der Waals surface area contributed by atoms with Crippen LogP contribution in [0.15, 0.2) is 30.3 Å². The molecule has 108 valence electrons. The average molecular weight is 291 g/mol. The van der Waals surface area contributed by atoms with Gasteiger partial charge in [0.1, 0.15) is 5.82 Å². The summed E-state index contributed by atoms with van der Waals surface area (Å²) in [4.78, 5) is 0. The Hall–Kier alpha value is -1.02. The predicted molar refractivity (Wildman–Crippen MR) is 69.3 cm³/mol. The SMILES string of the molecule is Fc1ccccc1.O=S(=O)(O)NCC1CCC(O)C1. The molecule has 0 spiro atoms. The molecular formula is C12H18FNO4S. The van der Waals surface area contributed by atoms with Crippen molar-refractivity contribution in [2.45, 2.75) is 25.4 Å². The first-order chi connectivity index (χ1) is 8.87. The van der Waals surface area contributed by atoms with Gasteiger partial charge in [0.25, 0.3) is 0 Å². The van der Waals surface area contributed by atoms with E-state index in [-0.39, 0.29) is 24.4 Å². The normalized spacial score (nSPS) is 22.7. The van der Waals surface area contributed by atoms with E-state index in [2.05, 4.69) is 0 Å². The van der Waals surface area contributed by atoms with Crippen molar-refractivity contribution in [3.8, 4) is 0 Å². The van der Waals surface area contributed by atoms with Gasteiger partial charge in [-0.3, -0.25) is 4.55 Å². The van der Waals surface area contributed by atoms with Gasteiger partial charge in [0, 0.05) is 6.54 Å². The fraction of sp³-hybridized carbons (Fsp3) is 0.500. The van der Waals surface area contributed by atoms with Gasteiger partial charge < -0.3 is 5.11 Å². The van der Waals surface area contributed by atoms with Crippen LogP contribution in [0.4, 0.5) is 4.39 Å². The molecule has 1 fully saturated rings. The molecule has 0 aromatic heterocycles. The van der Waals surface area contributed by atoms with Crippen LogP contribution in [0.1, 0.15) is 19.3 Å². The Morgan fingerprint density at radius 2 is 1.89 bits per heavy atom. The summed E-state index contributed by atoms with van der Waals surface area (Å²) >= 11 is 0. The summed E-state index contributed by atoms with van der Waals surface area (Å²) in [7, 11) is -4.06. The molecule has 5 nitrogen and oxygen atoms in total. The third-order valence-electron chi connectivity index (χ3n) is 2.80. The number of rotatable bonds is 3. The van der Waals surface area contributed by atoms with Gasteiger partial charge in [-0.05, 0) is 37.3 Å². The van der Waals surface area contributed by atoms with E-state index in [9.17, 15) is 12.8 Å². The van der Waals surface area contributed by atoms with E-state index < -0.39 is 10.3 Å². The lowest BCUT2D eigenvalue weighted by atomic mass is 10.1. The summed E-state index contributed by atoms with van der Waals surface area (Å²) < 4.78 is 42.8. The maximum absolute atomic E-state index is 11.9. The molecule has 0 heterocycles. The van der Waals surface area contributed by atoms with Gasteiger partial charge in [0.2, 0.25) is 0 Å². The molecule has 2 rings (SSSR count). The number of nitrogens with one attached hydrogen (secondary N) is 1. The maximum Gasteiger partial charge on any atom is 0.333 e. The van der Waals surface area contributed by atoms with Crippen molar-refractivity contribution in [3.05, 3.63) is 36.1 Å². The summed E-state index contributed by atoms with van der Waals surface area (Å²) in [6.45, 7) is 0.218. The van der Waals surface area contributed by atoms with Gasteiger partial charge in [0.05, 0.1) is 6.10 Å². The van der Waals surface area contributed by atoms with E-state index in [1.165, 1.54) is 12.1 Å². The first-order valence-electron chi connectivity index (χ1n) is 5.97. The van der Waals surface area contributed by atoms with Crippen LogP contribution in [0.25, 0.3) is 0 Å². The first kappa shape index (κ1) is 16.0. The van der Waals surface area contributed by atoms with Crippen LogP contribution in [0.2, 0.25) is 0 Å². The number of halogens is 1. The molecule has 0 radical (unpaired) electrons. The second kappa shape index (κ2) is 7.54. The maximum atomic E-state index is 11.9. The van der Waals surface area contributed by atoms with Crippen molar-refractivity contribution in [2.75, 3.05) is 6.54 Å². The molecule has 0 amide bonds. The molecule has 1 aromatic rings. The van der Waals surface area contributed by atoms with Crippen LogP contribution in [0.3, 0.4) is 0 Å². The zero-order valence-electron chi connectivity index (χ0n) is 10.4. The second-order valence-corrected chi connectivity index (χ2v) is 5.69. The number of aliphatic hydroxyl groups is 1. The second-order valence-electron chi connectivity index (χ2n) is 4.45. The van der Waals surface area contributed by atoms with E-state index in [0.29, 0.717) is 6.42 Å². The van der Waals surface area contributed by atoms with Crippen molar-refractivity contribution in [1.82, 2.24) is 4.72 Å². The zero-order chi connectivity index (χ0) is 14.3. The Labute approximate surface area is 112 Å². The van der Waals surface area contributed by atoms with Gasteiger partial charge >= 0.3 is 10.3 Å². The molecule has 2 unspecified atom stereocenters. The Kier molecular flexibility index (Phi) is 6.36. The lowest BCUT2D eigenvalue weighted by Gasteiger charge is -2.07. The van der Waals surface area contributed by atoms with Crippen LogP contribution >= 0.6 is 0 Å². The monoisotopic (exact) mass is 291 g/mol. The Bertz CT molecular complexity index is 466. The molecule has 3 N–H and O–H groups in total. The van der Waals surface area contributed by atoms with Crippen molar-refractivity contribution >= 4 is 10.3 Å². The van der Waals surface area contributed by atoms with Crippen LogP contribution in [0, 0.1) is 11.7 Å². The Morgan fingerprint density at radius 3 is 2.26 bits per heavy atom. The van der Waals surface area contributed by atoms with Crippen LogP contribution in [0.5, 0.6) is 0 Å². The fourth-order valence-corrected chi connectivity index (χ4v) is 2.32. The molecule has 0 aliphatic heterocycles. The number of hydrogen-bond donors (Lipinski definition) is 3. The molecule has 0 saturated heterocycles. The zero-order valence-corrected chi connectivity index (χ0v) is 11.2. The third-order valence-corrected chi connectivity index (χ3v) is 3.33. The molecule has 19 heavy (non-hydrogen) atoms. The van der Waals surface area contributed by atoms with E-state index in [1.54, 1.807) is 18.2 Å². The van der Waals surface area contributed by atoms with Gasteiger partial charge in [-0.15, -0.1) is 0 Å². The summed E-state index contributed by atoms with van der Waals surface area (Å²) in [6.07, 6.45) is 1.84. The first-order valence-corrected chi connectivity index (χ1v) is 7.41. The summed E-state index contributed by atoms with van der Waals surface area (Å²) in [5, 5.41) is 9.09. The van der Waals surface area contributed by atoms with E-state index in [0.717, 1.165) is 12.8 Å². The average Bonchev–Trinajstić information content (AvgIpc) is 2.74. The number of benzene rings is 1. The number of hydrogen-bond acceptors (Lipinski definition) is 3. The Morgan fingerprint density at radius 1 is 1.26 bits per heavy atom. The third kappa shape index (κ3) is 7.89. The Balaban J connectivity index is 0.000000218. The van der Waals surface area contributed by atoms with Crippen LogP contribution < -0.4 is 4.72 Å². The van der Waals surface area contributed by atoms with Gasteiger partial charge in [-0.2, -0.15) is 13.1 Å². The molecule has 0 bridgehead atoms. The standard InChI is InChI=1S/C6H5F.C6H13NO4S/c7-6-4-2-1-3-5-6;8-6-2-1-5(3-6)4-7-12(9,10)11/h1-5H;5-8H,1-4H2,(H,9,10,11). The van der Waals surface area contributed by atoms with Crippen molar-refractivity contribution in [3.63, 3.8) is 0 Å². The lowest BCUT2D eigenvalue weighted by Crippen LogP contribution is -2.27. The largest absolute Gasteiger partial charge is 0.393 e. The quantitative estimate of drug-likeness (QED) is 0.734. The van der Waals surface area contributed by atoms with Crippen molar-refractivity contribution in [1.29, 1.82) is 0 Å². The van der Waals surface area contributed by atoms with Crippen molar-refractivity contribution < 1.29 is 22.5 Å². The highest BCUT2D eigenvalue weighted by Gasteiger charge is 2.23. The number of aliphatic hydroxyl groups excluding tert-OH is 1. The van der Waals surface area contributed by atoms with Gasteiger partial charge in [0.15, 0.2) is 0 Å². The molecule has 1 aliphatic rings. The van der Waals surface area contributed by atoms with Gasteiger partial charge in [-0.25, -0.2) is 4.39 Å². The minimum atomic E-state index is -4.06. The highest BCUT2D eigenvalue weighted by atomic mass is 32.2.